The summed E-state index contributed by atoms with van der Waals surface area (Å²) in [7, 11) is 0. The van der Waals surface area contributed by atoms with Gasteiger partial charge in [-0.3, -0.25) is 0 Å². The number of halogens is 3. The van der Waals surface area contributed by atoms with Crippen molar-refractivity contribution in [1.29, 1.82) is 0 Å². The summed E-state index contributed by atoms with van der Waals surface area (Å²) in [6, 6.07) is 2.55. The van der Waals surface area contributed by atoms with Crippen LogP contribution in [0.5, 0.6) is 0 Å². The lowest BCUT2D eigenvalue weighted by atomic mass is 9.85. The van der Waals surface area contributed by atoms with Crippen LogP contribution < -0.4 is 5.32 Å². The van der Waals surface area contributed by atoms with Gasteiger partial charge in [-0.15, -0.1) is 0 Å². The van der Waals surface area contributed by atoms with Crippen molar-refractivity contribution in [3.8, 4) is 0 Å². The van der Waals surface area contributed by atoms with Crippen molar-refractivity contribution >= 4 is 28.9 Å². The van der Waals surface area contributed by atoms with Gasteiger partial charge in [0, 0.05) is 6.54 Å². The van der Waals surface area contributed by atoms with Gasteiger partial charge in [-0.25, -0.2) is 4.39 Å². The molecule has 1 aromatic carbocycles. The molecule has 0 amide bonds. The Morgan fingerprint density at radius 2 is 1.87 bits per heavy atom. The van der Waals surface area contributed by atoms with E-state index in [1.807, 2.05) is 0 Å². The summed E-state index contributed by atoms with van der Waals surface area (Å²) in [6.45, 7) is 0.866. The fraction of sp³-hybridized carbons (Fsp3) is 0.455. The molecule has 0 spiro atoms. The zero-order chi connectivity index (χ0) is 10.8. The van der Waals surface area contributed by atoms with E-state index in [2.05, 4.69) is 5.32 Å². The first-order chi connectivity index (χ1) is 7.16. The minimum absolute atomic E-state index is 0.347. The topological polar surface area (TPSA) is 12.0 Å². The lowest BCUT2D eigenvalue weighted by Crippen LogP contribution is -2.21. The molecule has 0 radical (unpaired) electrons. The molecule has 4 heteroatoms. The second kappa shape index (κ2) is 4.58. The van der Waals surface area contributed by atoms with Crippen molar-refractivity contribution in [2.24, 2.45) is 5.92 Å². The predicted molar refractivity (Wildman–Crippen MR) is 62.3 cm³/mol. The fourth-order valence-electron chi connectivity index (χ4n) is 1.65. The number of benzene rings is 1. The Kier molecular flexibility index (Phi) is 3.37. The molecule has 82 valence electrons. The van der Waals surface area contributed by atoms with Gasteiger partial charge in [-0.1, -0.05) is 29.6 Å². The Morgan fingerprint density at radius 3 is 2.33 bits per heavy atom. The molecule has 0 saturated heterocycles. The summed E-state index contributed by atoms with van der Waals surface area (Å²) < 4.78 is 12.9. The van der Waals surface area contributed by atoms with Crippen molar-refractivity contribution in [2.75, 3.05) is 11.9 Å². The van der Waals surface area contributed by atoms with Crippen LogP contribution in [0.25, 0.3) is 0 Å². The maximum absolute atomic E-state index is 12.9. The van der Waals surface area contributed by atoms with Gasteiger partial charge < -0.3 is 5.32 Å². The smallest absolute Gasteiger partial charge is 0.126 e. The summed E-state index contributed by atoms with van der Waals surface area (Å²) >= 11 is 11.8. The van der Waals surface area contributed by atoms with Crippen LogP contribution in [-0.2, 0) is 0 Å². The van der Waals surface area contributed by atoms with Gasteiger partial charge in [0.2, 0.25) is 0 Å². The monoisotopic (exact) mass is 247 g/mol. The van der Waals surface area contributed by atoms with Crippen LogP contribution in [0.1, 0.15) is 19.3 Å². The second-order valence-corrected chi connectivity index (χ2v) is 4.74. The lowest BCUT2D eigenvalue weighted by Gasteiger charge is -2.26. The lowest BCUT2D eigenvalue weighted by molar-refractivity contribution is 0.333. The van der Waals surface area contributed by atoms with Gasteiger partial charge >= 0.3 is 0 Å². The zero-order valence-electron chi connectivity index (χ0n) is 8.19. The van der Waals surface area contributed by atoms with Crippen LogP contribution in [-0.4, -0.2) is 6.54 Å². The van der Waals surface area contributed by atoms with Gasteiger partial charge in [-0.2, -0.15) is 0 Å². The van der Waals surface area contributed by atoms with Crippen LogP contribution in [0, 0.1) is 11.7 Å². The first kappa shape index (κ1) is 11.0. The molecule has 0 atom stereocenters. The minimum Gasteiger partial charge on any atom is -0.382 e. The first-order valence-corrected chi connectivity index (χ1v) is 5.81. The molecule has 0 unspecified atom stereocenters. The van der Waals surface area contributed by atoms with E-state index in [1.165, 1.54) is 31.4 Å². The summed E-state index contributed by atoms with van der Waals surface area (Å²) in [6.07, 6.45) is 3.81. The van der Waals surface area contributed by atoms with Crippen molar-refractivity contribution in [3.05, 3.63) is 28.0 Å². The Morgan fingerprint density at radius 1 is 1.27 bits per heavy atom. The van der Waals surface area contributed by atoms with Crippen LogP contribution in [0.15, 0.2) is 12.1 Å². The van der Waals surface area contributed by atoms with E-state index in [0.717, 1.165) is 6.54 Å². The van der Waals surface area contributed by atoms with Crippen LogP contribution in [0.4, 0.5) is 10.1 Å². The fourth-order valence-corrected chi connectivity index (χ4v) is 2.25. The van der Waals surface area contributed by atoms with Gasteiger partial charge in [0.25, 0.3) is 0 Å². The SMILES string of the molecule is Fc1cc(Cl)c(NCC2CCC2)c(Cl)c1. The summed E-state index contributed by atoms with van der Waals surface area (Å²) in [5, 5.41) is 3.87. The molecule has 1 nitrogen and oxygen atoms in total. The van der Waals surface area contributed by atoms with Gasteiger partial charge in [0.15, 0.2) is 0 Å². The van der Waals surface area contributed by atoms with E-state index in [9.17, 15) is 4.39 Å². The second-order valence-electron chi connectivity index (χ2n) is 3.92. The maximum atomic E-state index is 12.9. The van der Waals surface area contributed by atoms with E-state index >= 15 is 0 Å². The molecule has 0 heterocycles. The minimum atomic E-state index is -0.404. The van der Waals surface area contributed by atoms with Crippen LogP contribution in [0.2, 0.25) is 10.0 Å². The van der Waals surface area contributed by atoms with E-state index in [-0.39, 0.29) is 0 Å². The molecule has 1 saturated carbocycles. The summed E-state index contributed by atoms with van der Waals surface area (Å²) in [4.78, 5) is 0. The van der Waals surface area contributed by atoms with Crippen molar-refractivity contribution in [2.45, 2.75) is 19.3 Å². The third kappa shape index (κ3) is 2.56. The van der Waals surface area contributed by atoms with E-state index in [1.54, 1.807) is 0 Å². The van der Waals surface area contributed by atoms with E-state index in [0.29, 0.717) is 21.7 Å². The highest BCUT2D eigenvalue weighted by atomic mass is 35.5. The molecular weight excluding hydrogens is 236 g/mol. The predicted octanol–water partition coefficient (Wildman–Crippen LogP) is 4.34. The van der Waals surface area contributed by atoms with E-state index < -0.39 is 5.82 Å². The molecule has 1 aliphatic carbocycles. The number of hydrogen-bond acceptors (Lipinski definition) is 1. The summed E-state index contributed by atoms with van der Waals surface area (Å²) in [5.74, 6) is 0.307. The van der Waals surface area contributed by atoms with Crippen molar-refractivity contribution < 1.29 is 4.39 Å². The summed E-state index contributed by atoms with van der Waals surface area (Å²) in [5.41, 5.74) is 0.645. The molecule has 2 rings (SSSR count). The molecule has 1 N–H and O–H groups in total. The highest BCUT2D eigenvalue weighted by molar-refractivity contribution is 6.39. The molecule has 1 aliphatic rings. The Bertz CT molecular complexity index is 341. The average molecular weight is 248 g/mol. The highest BCUT2D eigenvalue weighted by Gasteiger charge is 2.18. The van der Waals surface area contributed by atoms with Gasteiger partial charge in [0.1, 0.15) is 5.82 Å². The number of anilines is 1. The molecular formula is C11H12Cl2FN. The number of hydrogen-bond donors (Lipinski definition) is 1. The third-order valence-electron chi connectivity index (χ3n) is 2.80. The molecule has 0 aromatic heterocycles. The molecule has 0 aliphatic heterocycles. The third-order valence-corrected chi connectivity index (χ3v) is 3.40. The number of nitrogens with one attached hydrogen (secondary N) is 1. The Balaban J connectivity index is 2.05. The molecule has 0 bridgehead atoms. The standard InChI is InChI=1S/C11H12Cl2FN/c12-9-4-8(14)5-10(13)11(9)15-6-7-2-1-3-7/h4-5,7,15H,1-3,6H2. The van der Waals surface area contributed by atoms with Crippen LogP contribution in [0.3, 0.4) is 0 Å². The first-order valence-electron chi connectivity index (χ1n) is 5.05. The van der Waals surface area contributed by atoms with Crippen molar-refractivity contribution in [1.82, 2.24) is 0 Å². The number of rotatable bonds is 3. The zero-order valence-corrected chi connectivity index (χ0v) is 9.71. The largest absolute Gasteiger partial charge is 0.382 e. The Labute approximate surface area is 98.6 Å². The van der Waals surface area contributed by atoms with Crippen LogP contribution >= 0.6 is 23.2 Å². The molecule has 1 fully saturated rings. The normalized spacial score (nSPS) is 16.2. The quantitative estimate of drug-likeness (QED) is 0.838. The molecule has 15 heavy (non-hydrogen) atoms. The maximum Gasteiger partial charge on any atom is 0.126 e. The highest BCUT2D eigenvalue weighted by Crippen LogP contribution is 2.33. The molecule has 1 aromatic rings. The van der Waals surface area contributed by atoms with Gasteiger partial charge in [0.05, 0.1) is 15.7 Å². The van der Waals surface area contributed by atoms with E-state index in [4.69, 9.17) is 23.2 Å². The van der Waals surface area contributed by atoms with Crippen molar-refractivity contribution in [3.63, 3.8) is 0 Å². The van der Waals surface area contributed by atoms with Gasteiger partial charge in [-0.05, 0) is 30.9 Å². The average Bonchev–Trinajstić information content (AvgIpc) is 2.06. The Hall–Kier alpha value is -0.470.